The van der Waals surface area contributed by atoms with Crippen LogP contribution in [0.5, 0.6) is 0 Å². The van der Waals surface area contributed by atoms with E-state index in [2.05, 4.69) is 199 Å². The molecule has 43 heavy (non-hydrogen) atoms. The molecule has 6 aromatic rings. The van der Waals surface area contributed by atoms with Crippen molar-refractivity contribution in [2.45, 2.75) is 13.8 Å². The van der Waals surface area contributed by atoms with E-state index in [-0.39, 0.29) is 0 Å². The molecular weight excluding hydrogens is 779 g/mol. The van der Waals surface area contributed by atoms with Crippen molar-refractivity contribution >= 4 is 74.9 Å². The molecule has 0 aliphatic carbocycles. The number of rotatable bonds is 7. The van der Waals surface area contributed by atoms with Gasteiger partial charge in [0.2, 0.25) is 0 Å². The second-order valence-electron chi connectivity index (χ2n) is 10.0. The van der Waals surface area contributed by atoms with Gasteiger partial charge in [-0.15, -0.1) is 0 Å². The van der Waals surface area contributed by atoms with E-state index in [1.807, 2.05) is 0 Å². The number of hydrogen-bond acceptors (Lipinski definition) is 0. The van der Waals surface area contributed by atoms with E-state index in [9.17, 15) is 0 Å². The third-order valence-corrected chi connectivity index (χ3v) is 12.3. The first kappa shape index (κ1) is 32.2. The van der Waals surface area contributed by atoms with E-state index < -0.39 is 15.8 Å². The molecule has 0 nitrogen and oxygen atoms in total. The number of benzene rings is 6. The normalized spacial score (nSPS) is 10.9. The predicted molar refractivity (Wildman–Crippen MR) is 197 cm³/mol. The average Bonchev–Trinajstić information content (AvgIpc) is 3.05. The monoisotopic (exact) mass is 810 g/mol. The fraction of sp³-hybridized carbons (Fsp3) is 0.0526. The van der Waals surface area contributed by atoms with Crippen molar-refractivity contribution in [2.75, 3.05) is 0 Å². The summed E-state index contributed by atoms with van der Waals surface area (Å²) in [5.74, 6) is 0. The van der Waals surface area contributed by atoms with Crippen LogP contribution in [-0.2, 0) is 13.2 Å². The predicted octanol–water partition coefficient (Wildman–Crippen LogP) is 9.18. The van der Waals surface area contributed by atoms with Crippen molar-refractivity contribution in [3.8, 4) is 11.1 Å². The van der Waals surface area contributed by atoms with Gasteiger partial charge in [-0.3, -0.25) is 0 Å². The van der Waals surface area contributed by atoms with Crippen molar-refractivity contribution in [2.24, 2.45) is 0 Å². The molecule has 0 bridgehead atoms. The Kier molecular flexibility index (Phi) is 12.1. The summed E-state index contributed by atoms with van der Waals surface area (Å²) in [5.41, 5.74) is 5.41. The van der Waals surface area contributed by atoms with Crippen LogP contribution in [0, 0.1) is 13.8 Å². The Labute approximate surface area is 279 Å². The quantitative estimate of drug-likeness (QED) is 0.112. The molecule has 0 aromatic heterocycles. The molecule has 0 unspecified atom stereocenters. The second kappa shape index (κ2) is 16.2. The van der Waals surface area contributed by atoms with E-state index in [0.717, 1.165) is 0 Å². The van der Waals surface area contributed by atoms with Crippen LogP contribution >= 0.6 is 43.1 Å². The van der Waals surface area contributed by atoms with Crippen LogP contribution in [0.15, 0.2) is 158 Å². The minimum atomic E-state index is -0.752. The summed E-state index contributed by atoms with van der Waals surface area (Å²) in [6, 6.07) is 58.0. The third-order valence-electron chi connectivity index (χ3n) is 7.29. The summed E-state index contributed by atoms with van der Waals surface area (Å²) in [6.45, 7) is 4.57. The van der Waals surface area contributed by atoms with Gasteiger partial charge >= 0.3 is 40.5 Å². The van der Waals surface area contributed by atoms with Gasteiger partial charge in [-0.1, -0.05) is 158 Å². The standard InChI is InChI=1S/C38H32P2.2BrH.Ru/c1-29-17-15-27-35(39(31-19-7-3-8-20-31)32-21-9-4-10-22-32)37(29)38-30(2)18-16-28-36(38)40(33-23-11-5-12-24-33)34-25-13-6-14-26-34;;;/h3-28H,1-2H3;2*1H;/q;;;+2/p-2. The van der Waals surface area contributed by atoms with Crippen LogP contribution in [0.4, 0.5) is 0 Å². The fourth-order valence-electron chi connectivity index (χ4n) is 5.49. The Morgan fingerprint density at radius 2 is 0.628 bits per heavy atom. The molecule has 0 radical (unpaired) electrons. The summed E-state index contributed by atoms with van der Waals surface area (Å²) < 4.78 is 0. The first-order valence-corrected chi connectivity index (χ1v) is 24.6. The molecular formula is C38H32Br2P2Ru. The zero-order valence-electron chi connectivity index (χ0n) is 24.0. The molecule has 6 rings (SSSR count). The van der Waals surface area contributed by atoms with Crippen LogP contribution in [0.1, 0.15) is 11.1 Å². The van der Waals surface area contributed by atoms with Gasteiger partial charge in [0.15, 0.2) is 0 Å². The van der Waals surface area contributed by atoms with Crippen molar-refractivity contribution in [1.29, 1.82) is 0 Å². The summed E-state index contributed by atoms with van der Waals surface area (Å²) in [5, 5.41) is 8.33. The van der Waals surface area contributed by atoms with Crippen LogP contribution in [-0.4, -0.2) is 0 Å². The molecule has 6 aromatic carbocycles. The molecule has 0 aliphatic heterocycles. The molecule has 5 heteroatoms. The first-order valence-electron chi connectivity index (χ1n) is 14.0. The SMILES string of the molecule is Cc1cccc(P(c2ccccc2)c2ccccc2)c1-c1c(C)cccc1P(c1ccccc1)c1ccccc1.[Br][Ru][Br]. The van der Waals surface area contributed by atoms with Gasteiger partial charge in [0.1, 0.15) is 0 Å². The van der Waals surface area contributed by atoms with Crippen LogP contribution < -0.4 is 31.8 Å². The number of hydrogen-bond donors (Lipinski definition) is 0. The molecule has 0 saturated carbocycles. The average molecular weight is 812 g/mol. The van der Waals surface area contributed by atoms with Crippen molar-refractivity contribution in [3.05, 3.63) is 169 Å². The van der Waals surface area contributed by atoms with Crippen LogP contribution in [0.3, 0.4) is 0 Å². The summed E-state index contributed by atoms with van der Waals surface area (Å²) >= 11 is 6.64. The summed E-state index contributed by atoms with van der Waals surface area (Å²) in [7, 11) is -1.50. The molecule has 216 valence electrons. The zero-order chi connectivity index (χ0) is 30.0. The molecule has 0 saturated heterocycles. The molecule has 0 amide bonds. The third kappa shape index (κ3) is 7.71. The van der Waals surface area contributed by atoms with E-state index in [1.165, 1.54) is 54.1 Å². The minimum absolute atomic E-state index is 0.335. The van der Waals surface area contributed by atoms with Crippen molar-refractivity contribution < 1.29 is 13.2 Å². The van der Waals surface area contributed by atoms with Gasteiger partial charge in [-0.25, -0.2) is 0 Å². The Bertz CT molecular complexity index is 1520. The number of halogens is 2. The molecule has 0 spiro atoms. The van der Waals surface area contributed by atoms with Crippen LogP contribution in [0.25, 0.3) is 11.1 Å². The Balaban J connectivity index is 0.00000118. The van der Waals surface area contributed by atoms with Crippen molar-refractivity contribution in [1.82, 2.24) is 0 Å². The number of aryl methyl sites for hydroxylation is 2. The maximum absolute atomic E-state index is 3.15. The van der Waals surface area contributed by atoms with Gasteiger partial charge in [0.05, 0.1) is 0 Å². The molecule has 0 N–H and O–H groups in total. The van der Waals surface area contributed by atoms with Crippen LogP contribution in [0.2, 0.25) is 0 Å². The van der Waals surface area contributed by atoms with E-state index in [1.54, 1.807) is 0 Å². The first-order chi connectivity index (χ1) is 21.1. The fourth-order valence-corrected chi connectivity index (χ4v) is 10.6. The zero-order valence-corrected chi connectivity index (χ0v) is 30.7. The molecule has 0 fully saturated rings. The van der Waals surface area contributed by atoms with Gasteiger partial charge < -0.3 is 0 Å². The van der Waals surface area contributed by atoms with Gasteiger partial charge in [0, 0.05) is 0 Å². The summed E-state index contributed by atoms with van der Waals surface area (Å²) in [6.07, 6.45) is 0. The van der Waals surface area contributed by atoms with Gasteiger partial charge in [-0.2, -0.15) is 0 Å². The second-order valence-corrected chi connectivity index (χ2v) is 22.4. The van der Waals surface area contributed by atoms with E-state index in [4.69, 9.17) is 0 Å². The van der Waals surface area contributed by atoms with Gasteiger partial charge in [-0.05, 0) is 83.8 Å². The Morgan fingerprint density at radius 1 is 0.372 bits per heavy atom. The van der Waals surface area contributed by atoms with Gasteiger partial charge in [0.25, 0.3) is 0 Å². The molecule has 0 atom stereocenters. The van der Waals surface area contributed by atoms with E-state index >= 15 is 0 Å². The molecule has 0 aliphatic rings. The Morgan fingerprint density at radius 3 is 0.884 bits per heavy atom. The summed E-state index contributed by atoms with van der Waals surface area (Å²) in [4.78, 5) is 0. The maximum atomic E-state index is 3.15. The van der Waals surface area contributed by atoms with Crippen molar-refractivity contribution in [3.63, 3.8) is 0 Å². The topological polar surface area (TPSA) is 0 Å². The Hall–Kier alpha value is -2.24. The molecule has 0 heterocycles. The van der Waals surface area contributed by atoms with E-state index in [0.29, 0.717) is 13.2 Å².